The minimum atomic E-state index is -1.18. The number of anilines is 1. The Morgan fingerprint density at radius 3 is 2.71 bits per heavy atom. The highest BCUT2D eigenvalue weighted by Gasteiger charge is 2.12. The van der Waals surface area contributed by atoms with Crippen LogP contribution in [0.5, 0.6) is 0 Å². The topological polar surface area (TPSA) is 79.5 Å². The number of hydrogen-bond donors (Lipinski definition) is 2. The predicted molar refractivity (Wildman–Crippen MR) is 74.5 cm³/mol. The van der Waals surface area contributed by atoms with Crippen molar-refractivity contribution in [1.29, 1.82) is 0 Å². The van der Waals surface area contributed by atoms with E-state index in [4.69, 9.17) is 9.52 Å². The molecule has 1 aromatic carbocycles. The van der Waals surface area contributed by atoms with Gasteiger partial charge in [-0.05, 0) is 37.3 Å². The Balaban J connectivity index is 2.21. The van der Waals surface area contributed by atoms with E-state index in [1.165, 1.54) is 24.5 Å². The van der Waals surface area contributed by atoms with E-state index in [1.807, 2.05) is 0 Å². The average Bonchev–Trinajstić information content (AvgIpc) is 2.85. The summed E-state index contributed by atoms with van der Waals surface area (Å²) < 4.78 is 18.6. The monoisotopic (exact) mass is 289 g/mol. The summed E-state index contributed by atoms with van der Waals surface area (Å²) in [4.78, 5) is 22.4. The van der Waals surface area contributed by atoms with Gasteiger partial charge in [0.1, 0.15) is 11.6 Å². The molecule has 0 aliphatic rings. The quantitative estimate of drug-likeness (QED) is 0.848. The number of rotatable bonds is 4. The van der Waals surface area contributed by atoms with Gasteiger partial charge in [-0.2, -0.15) is 0 Å². The molecule has 0 fully saturated rings. The van der Waals surface area contributed by atoms with Crippen molar-refractivity contribution >= 4 is 23.6 Å². The Morgan fingerprint density at radius 1 is 1.33 bits per heavy atom. The molecule has 21 heavy (non-hydrogen) atoms. The molecule has 0 bridgehead atoms. The van der Waals surface area contributed by atoms with Gasteiger partial charge < -0.3 is 14.8 Å². The number of aryl methyl sites for hydroxylation is 1. The van der Waals surface area contributed by atoms with Crippen molar-refractivity contribution in [2.75, 3.05) is 5.32 Å². The number of carbonyl (C=O) groups is 2. The molecule has 6 heteroatoms. The molecule has 0 unspecified atom stereocenters. The van der Waals surface area contributed by atoms with Crippen LogP contribution in [0, 0.1) is 12.7 Å². The van der Waals surface area contributed by atoms with Gasteiger partial charge in [0.15, 0.2) is 0 Å². The number of hydrogen-bond acceptors (Lipinski definition) is 3. The third-order valence-electron chi connectivity index (χ3n) is 2.76. The van der Waals surface area contributed by atoms with E-state index < -0.39 is 11.8 Å². The fraction of sp³-hybridized carbons (Fsp3) is 0.0667. The molecule has 1 amide bonds. The number of halogens is 1. The molecule has 2 rings (SSSR count). The molecule has 108 valence electrons. The number of carboxylic acids is 1. The zero-order chi connectivity index (χ0) is 15.4. The number of aliphatic carboxylic acids is 1. The van der Waals surface area contributed by atoms with Crippen molar-refractivity contribution in [3.8, 4) is 0 Å². The number of carbonyl (C=O) groups excluding carboxylic acids is 1. The van der Waals surface area contributed by atoms with Gasteiger partial charge in [-0.1, -0.05) is 0 Å². The smallest absolute Gasteiger partial charge is 0.328 e. The SMILES string of the molecule is Cc1occc1C(=O)Nc1ccc(F)c(/C=C/C(=O)O)c1. The lowest BCUT2D eigenvalue weighted by Crippen LogP contribution is -2.12. The Labute approximate surface area is 119 Å². The summed E-state index contributed by atoms with van der Waals surface area (Å²) in [5.74, 6) is -1.68. The molecule has 0 atom stereocenters. The van der Waals surface area contributed by atoms with E-state index in [0.29, 0.717) is 17.0 Å². The number of benzene rings is 1. The summed E-state index contributed by atoms with van der Waals surface area (Å²) in [5.41, 5.74) is 0.799. The largest absolute Gasteiger partial charge is 0.478 e. The van der Waals surface area contributed by atoms with Gasteiger partial charge in [-0.15, -0.1) is 0 Å². The van der Waals surface area contributed by atoms with Gasteiger partial charge in [0.05, 0.1) is 11.8 Å². The lowest BCUT2D eigenvalue weighted by Gasteiger charge is -2.06. The normalized spacial score (nSPS) is 10.8. The van der Waals surface area contributed by atoms with Crippen LogP contribution in [0.2, 0.25) is 0 Å². The first-order valence-electron chi connectivity index (χ1n) is 6.03. The highest BCUT2D eigenvalue weighted by atomic mass is 19.1. The molecule has 0 aliphatic heterocycles. The molecule has 0 saturated heterocycles. The number of carboxylic acid groups (broad SMARTS) is 1. The summed E-state index contributed by atoms with van der Waals surface area (Å²) in [5, 5.41) is 11.1. The van der Waals surface area contributed by atoms with Gasteiger partial charge >= 0.3 is 5.97 Å². The zero-order valence-electron chi connectivity index (χ0n) is 11.1. The van der Waals surface area contributed by atoms with Gasteiger partial charge in [-0.25, -0.2) is 9.18 Å². The first-order valence-corrected chi connectivity index (χ1v) is 6.03. The van der Waals surface area contributed by atoms with Gasteiger partial charge in [0, 0.05) is 17.3 Å². The summed E-state index contributed by atoms with van der Waals surface area (Å²) in [6.07, 6.45) is 3.34. The number of nitrogens with one attached hydrogen (secondary N) is 1. The number of amides is 1. The molecule has 2 aromatic rings. The van der Waals surface area contributed by atoms with Crippen LogP contribution in [0.15, 0.2) is 41.0 Å². The molecule has 1 heterocycles. The van der Waals surface area contributed by atoms with E-state index >= 15 is 0 Å². The Hall–Kier alpha value is -2.89. The standard InChI is InChI=1S/C15H12FNO4/c1-9-12(6-7-21-9)15(20)17-11-3-4-13(16)10(8-11)2-5-14(18)19/h2-8H,1H3,(H,17,20)(H,18,19)/b5-2+. The molecule has 0 aliphatic carbocycles. The highest BCUT2D eigenvalue weighted by Crippen LogP contribution is 2.18. The fourth-order valence-electron chi connectivity index (χ4n) is 1.73. The van der Waals surface area contributed by atoms with Crippen molar-refractivity contribution in [3.05, 3.63) is 59.3 Å². The van der Waals surface area contributed by atoms with Crippen LogP contribution in [-0.2, 0) is 4.79 Å². The second-order valence-corrected chi connectivity index (χ2v) is 4.25. The maximum Gasteiger partial charge on any atom is 0.328 e. The molecule has 1 aromatic heterocycles. The van der Waals surface area contributed by atoms with Crippen molar-refractivity contribution in [3.63, 3.8) is 0 Å². The summed E-state index contributed by atoms with van der Waals surface area (Å²) >= 11 is 0. The molecule has 5 nitrogen and oxygen atoms in total. The Morgan fingerprint density at radius 2 is 2.10 bits per heavy atom. The average molecular weight is 289 g/mol. The van der Waals surface area contributed by atoms with Crippen LogP contribution in [0.1, 0.15) is 21.7 Å². The van der Waals surface area contributed by atoms with Crippen LogP contribution in [-0.4, -0.2) is 17.0 Å². The van der Waals surface area contributed by atoms with E-state index in [2.05, 4.69) is 5.32 Å². The lowest BCUT2D eigenvalue weighted by atomic mass is 10.1. The second-order valence-electron chi connectivity index (χ2n) is 4.25. The summed E-state index contributed by atoms with van der Waals surface area (Å²) in [7, 11) is 0. The molecule has 0 radical (unpaired) electrons. The molecule has 2 N–H and O–H groups in total. The Bertz CT molecular complexity index is 718. The number of furan rings is 1. The van der Waals surface area contributed by atoms with Crippen molar-refractivity contribution < 1.29 is 23.5 Å². The van der Waals surface area contributed by atoms with E-state index in [9.17, 15) is 14.0 Å². The first-order chi connectivity index (χ1) is 9.97. The van der Waals surface area contributed by atoms with Crippen LogP contribution < -0.4 is 5.32 Å². The fourth-order valence-corrected chi connectivity index (χ4v) is 1.73. The third-order valence-corrected chi connectivity index (χ3v) is 2.76. The minimum Gasteiger partial charge on any atom is -0.478 e. The summed E-state index contributed by atoms with van der Waals surface area (Å²) in [6, 6.07) is 5.42. The van der Waals surface area contributed by atoms with E-state index in [0.717, 1.165) is 18.2 Å². The molecule has 0 spiro atoms. The second kappa shape index (κ2) is 6.04. The minimum absolute atomic E-state index is 0.0686. The maximum atomic E-state index is 13.5. The van der Waals surface area contributed by atoms with E-state index in [1.54, 1.807) is 6.92 Å². The third kappa shape index (κ3) is 3.56. The predicted octanol–water partition coefficient (Wildman–Crippen LogP) is 3.08. The van der Waals surface area contributed by atoms with Crippen molar-refractivity contribution in [2.24, 2.45) is 0 Å². The Kier molecular flexibility index (Phi) is 4.18. The van der Waals surface area contributed by atoms with Gasteiger partial charge in [0.25, 0.3) is 5.91 Å². The molecular formula is C15H12FNO4. The van der Waals surface area contributed by atoms with Crippen LogP contribution in [0.4, 0.5) is 10.1 Å². The van der Waals surface area contributed by atoms with Crippen LogP contribution in [0.25, 0.3) is 6.08 Å². The van der Waals surface area contributed by atoms with Crippen LogP contribution in [0.3, 0.4) is 0 Å². The van der Waals surface area contributed by atoms with Crippen molar-refractivity contribution in [1.82, 2.24) is 0 Å². The highest BCUT2D eigenvalue weighted by molar-refractivity contribution is 6.05. The molecule has 0 saturated carbocycles. The maximum absolute atomic E-state index is 13.5. The van der Waals surface area contributed by atoms with Gasteiger partial charge in [-0.3, -0.25) is 4.79 Å². The molecular weight excluding hydrogens is 277 g/mol. The van der Waals surface area contributed by atoms with E-state index in [-0.39, 0.29) is 11.5 Å². The zero-order valence-corrected chi connectivity index (χ0v) is 11.1. The van der Waals surface area contributed by atoms with Crippen LogP contribution >= 0.6 is 0 Å². The van der Waals surface area contributed by atoms with Gasteiger partial charge in [0.2, 0.25) is 0 Å². The van der Waals surface area contributed by atoms with Crippen molar-refractivity contribution in [2.45, 2.75) is 6.92 Å². The lowest BCUT2D eigenvalue weighted by molar-refractivity contribution is -0.131. The summed E-state index contributed by atoms with van der Waals surface area (Å²) in [6.45, 7) is 1.65. The first kappa shape index (κ1) is 14.5.